The topological polar surface area (TPSA) is 64.1 Å². The Hall–Kier alpha value is -1.36. The van der Waals surface area contributed by atoms with Gasteiger partial charge in [0.05, 0.1) is 13.7 Å². The zero-order chi connectivity index (χ0) is 19.2. The fourth-order valence-corrected chi connectivity index (χ4v) is 2.28. The van der Waals surface area contributed by atoms with Gasteiger partial charge in [0.25, 0.3) is 0 Å². The lowest BCUT2D eigenvalue weighted by molar-refractivity contribution is -0.0504. The van der Waals surface area contributed by atoms with E-state index < -0.39 is 6.61 Å². The number of ether oxygens (including phenoxy) is 3. The summed E-state index contributed by atoms with van der Waals surface area (Å²) in [6, 6.07) is 4.69. The highest BCUT2D eigenvalue weighted by Crippen LogP contribution is 2.26. The van der Waals surface area contributed by atoms with E-state index >= 15 is 0 Å². The Morgan fingerprint density at radius 2 is 1.93 bits per heavy atom. The van der Waals surface area contributed by atoms with Gasteiger partial charge in [-0.1, -0.05) is 0 Å². The third kappa shape index (κ3) is 11.2. The molecular weight excluding hydrogens is 471 g/mol. The van der Waals surface area contributed by atoms with E-state index in [2.05, 4.69) is 20.4 Å². The molecule has 0 unspecified atom stereocenters. The highest BCUT2D eigenvalue weighted by Gasteiger charge is 2.11. The number of hydrogen-bond acceptors (Lipinski definition) is 4. The summed E-state index contributed by atoms with van der Waals surface area (Å²) in [4.78, 5) is 4.45. The van der Waals surface area contributed by atoms with Crippen LogP contribution in [0.15, 0.2) is 23.2 Å². The van der Waals surface area contributed by atoms with Gasteiger partial charge in [-0.15, -0.1) is 24.0 Å². The van der Waals surface area contributed by atoms with Crippen LogP contribution in [0.1, 0.15) is 31.7 Å². The molecule has 1 rings (SSSR count). The maximum atomic E-state index is 12.6. The minimum Gasteiger partial charge on any atom is -0.497 e. The van der Waals surface area contributed by atoms with Crippen molar-refractivity contribution >= 4 is 29.9 Å². The van der Waals surface area contributed by atoms with E-state index in [0.29, 0.717) is 23.8 Å². The largest absolute Gasteiger partial charge is 0.497 e. The van der Waals surface area contributed by atoms with Gasteiger partial charge in [0.1, 0.15) is 11.5 Å². The van der Waals surface area contributed by atoms with Crippen LogP contribution in [-0.4, -0.2) is 46.5 Å². The Morgan fingerprint density at radius 1 is 1.15 bits per heavy atom. The van der Waals surface area contributed by atoms with Gasteiger partial charge in [0, 0.05) is 32.4 Å². The summed E-state index contributed by atoms with van der Waals surface area (Å²) in [6.07, 6.45) is 3.07. The van der Waals surface area contributed by atoms with Crippen molar-refractivity contribution in [1.82, 2.24) is 10.6 Å². The highest BCUT2D eigenvalue weighted by molar-refractivity contribution is 14.0. The molecule has 0 fully saturated rings. The summed E-state index contributed by atoms with van der Waals surface area (Å²) >= 11 is 0. The third-order valence-electron chi connectivity index (χ3n) is 3.55. The van der Waals surface area contributed by atoms with Gasteiger partial charge < -0.3 is 24.8 Å². The molecule has 0 aromatic heterocycles. The number of nitrogens with zero attached hydrogens (tertiary/aromatic N) is 1. The molecule has 27 heavy (non-hydrogen) atoms. The van der Waals surface area contributed by atoms with Crippen molar-refractivity contribution in [3.63, 3.8) is 0 Å². The quantitative estimate of drug-likeness (QED) is 0.198. The molecule has 2 N–H and O–H groups in total. The van der Waals surface area contributed by atoms with E-state index in [1.807, 2.05) is 6.92 Å². The van der Waals surface area contributed by atoms with E-state index in [0.717, 1.165) is 32.4 Å². The number of unbranched alkanes of at least 4 members (excludes halogenated alkanes) is 2. The second kappa shape index (κ2) is 15.7. The number of aliphatic imine (C=N–C) groups is 1. The Labute approximate surface area is 177 Å². The smallest absolute Gasteiger partial charge is 0.387 e. The fraction of sp³-hybridized carbons (Fsp3) is 0.611. The van der Waals surface area contributed by atoms with Gasteiger partial charge in [0.15, 0.2) is 5.96 Å². The molecule has 0 saturated carbocycles. The van der Waals surface area contributed by atoms with E-state index in [9.17, 15) is 8.78 Å². The highest BCUT2D eigenvalue weighted by atomic mass is 127. The summed E-state index contributed by atoms with van der Waals surface area (Å²) in [5.74, 6) is 1.29. The Kier molecular flexibility index (Phi) is 14.9. The number of alkyl halides is 2. The van der Waals surface area contributed by atoms with Gasteiger partial charge in [-0.2, -0.15) is 8.78 Å². The van der Waals surface area contributed by atoms with E-state index in [-0.39, 0.29) is 36.3 Å². The molecule has 0 saturated heterocycles. The molecule has 9 heteroatoms. The van der Waals surface area contributed by atoms with E-state index in [1.165, 1.54) is 13.2 Å². The molecule has 0 atom stereocenters. The van der Waals surface area contributed by atoms with Crippen molar-refractivity contribution < 1.29 is 23.0 Å². The number of methoxy groups -OCH3 is 2. The average Bonchev–Trinajstić information content (AvgIpc) is 2.63. The van der Waals surface area contributed by atoms with Crippen molar-refractivity contribution in [2.45, 2.75) is 39.3 Å². The molecule has 0 aliphatic carbocycles. The van der Waals surface area contributed by atoms with Crippen LogP contribution in [0.4, 0.5) is 8.78 Å². The minimum absolute atomic E-state index is 0. The first kappa shape index (κ1) is 25.6. The molecular formula is C18H30F2IN3O3. The second-order valence-electron chi connectivity index (χ2n) is 5.53. The maximum absolute atomic E-state index is 12.6. The first-order valence-electron chi connectivity index (χ1n) is 8.73. The number of nitrogens with one attached hydrogen (secondary N) is 2. The van der Waals surface area contributed by atoms with Crippen LogP contribution in [0, 0.1) is 0 Å². The molecule has 0 aliphatic heterocycles. The average molecular weight is 501 g/mol. The SMILES string of the molecule is CCNC(=NCc1cc(OC)ccc1OC(F)F)NCCCCCOC.I. The molecule has 0 spiro atoms. The van der Waals surface area contributed by atoms with Crippen LogP contribution in [0.25, 0.3) is 0 Å². The lowest BCUT2D eigenvalue weighted by atomic mass is 10.2. The number of benzene rings is 1. The summed E-state index contributed by atoms with van der Waals surface area (Å²) < 4.78 is 39.9. The van der Waals surface area contributed by atoms with E-state index in [4.69, 9.17) is 9.47 Å². The van der Waals surface area contributed by atoms with Gasteiger partial charge >= 0.3 is 6.61 Å². The molecule has 0 radical (unpaired) electrons. The summed E-state index contributed by atoms with van der Waals surface area (Å²) in [6.45, 7) is 1.51. The van der Waals surface area contributed by atoms with Crippen LogP contribution < -0.4 is 20.1 Å². The monoisotopic (exact) mass is 501 g/mol. The second-order valence-corrected chi connectivity index (χ2v) is 5.53. The lowest BCUT2D eigenvalue weighted by Gasteiger charge is -2.13. The summed E-state index contributed by atoms with van der Waals surface area (Å²) in [5, 5.41) is 6.37. The van der Waals surface area contributed by atoms with Crippen molar-refractivity contribution in [2.75, 3.05) is 33.9 Å². The zero-order valence-electron chi connectivity index (χ0n) is 16.1. The van der Waals surface area contributed by atoms with Crippen LogP contribution >= 0.6 is 24.0 Å². The standard InChI is InChI=1S/C18H29F2N3O3.HI/c1-4-21-18(22-10-6-5-7-11-24-2)23-13-14-12-15(25-3)8-9-16(14)26-17(19)20;/h8-9,12,17H,4-7,10-11,13H2,1-3H3,(H2,21,22,23);1H. The predicted octanol–water partition coefficient (Wildman–Crippen LogP) is 3.79. The normalized spacial score (nSPS) is 11.1. The summed E-state index contributed by atoms with van der Waals surface area (Å²) in [7, 11) is 3.21. The number of guanidine groups is 1. The lowest BCUT2D eigenvalue weighted by Crippen LogP contribution is -2.37. The molecule has 0 bridgehead atoms. The van der Waals surface area contributed by atoms with Crippen LogP contribution in [0.5, 0.6) is 11.5 Å². The molecule has 1 aromatic rings. The number of halogens is 3. The molecule has 1 aromatic carbocycles. The third-order valence-corrected chi connectivity index (χ3v) is 3.55. The van der Waals surface area contributed by atoms with Crippen molar-refractivity contribution in [3.8, 4) is 11.5 Å². The number of hydrogen-bond donors (Lipinski definition) is 2. The van der Waals surface area contributed by atoms with Crippen LogP contribution in [0.3, 0.4) is 0 Å². The van der Waals surface area contributed by atoms with Gasteiger partial charge in [-0.25, -0.2) is 4.99 Å². The Bertz CT molecular complexity index is 549. The molecule has 0 aliphatic rings. The first-order valence-corrected chi connectivity index (χ1v) is 8.73. The van der Waals surface area contributed by atoms with Gasteiger partial charge in [-0.05, 0) is 44.4 Å². The zero-order valence-corrected chi connectivity index (χ0v) is 18.4. The fourth-order valence-electron chi connectivity index (χ4n) is 2.28. The van der Waals surface area contributed by atoms with Gasteiger partial charge in [0.2, 0.25) is 0 Å². The maximum Gasteiger partial charge on any atom is 0.387 e. The van der Waals surface area contributed by atoms with Crippen molar-refractivity contribution in [1.29, 1.82) is 0 Å². The van der Waals surface area contributed by atoms with E-state index in [1.54, 1.807) is 19.2 Å². The van der Waals surface area contributed by atoms with Crippen LogP contribution in [-0.2, 0) is 11.3 Å². The molecule has 0 amide bonds. The Morgan fingerprint density at radius 3 is 2.56 bits per heavy atom. The molecule has 6 nitrogen and oxygen atoms in total. The Balaban J connectivity index is 0.00000676. The first-order chi connectivity index (χ1) is 12.6. The van der Waals surface area contributed by atoms with Gasteiger partial charge in [-0.3, -0.25) is 0 Å². The number of rotatable bonds is 12. The predicted molar refractivity (Wildman–Crippen MR) is 114 cm³/mol. The minimum atomic E-state index is -2.88. The van der Waals surface area contributed by atoms with Crippen molar-refractivity contribution in [3.05, 3.63) is 23.8 Å². The molecule has 0 heterocycles. The van der Waals surface area contributed by atoms with Crippen molar-refractivity contribution in [2.24, 2.45) is 4.99 Å². The molecule has 156 valence electrons. The summed E-state index contributed by atoms with van der Waals surface area (Å²) in [5.41, 5.74) is 0.530. The van der Waals surface area contributed by atoms with Crippen LogP contribution in [0.2, 0.25) is 0 Å².